The first-order valence-electron chi connectivity index (χ1n) is 7.76. The third kappa shape index (κ3) is 3.49. The molecule has 1 aromatic heterocycles. The van der Waals surface area contributed by atoms with E-state index in [-0.39, 0.29) is 0 Å². The lowest BCUT2D eigenvalue weighted by molar-refractivity contribution is 0.253. The molecule has 2 N–H and O–H groups in total. The second-order valence-corrected chi connectivity index (χ2v) is 5.54. The molecule has 1 aliphatic heterocycles. The Morgan fingerprint density at radius 3 is 2.52 bits per heavy atom. The van der Waals surface area contributed by atoms with Gasteiger partial charge in [-0.25, -0.2) is 4.98 Å². The average molecular weight is 285 g/mol. The molecular weight excluding hydrogens is 262 g/mol. The monoisotopic (exact) mass is 285 g/mol. The summed E-state index contributed by atoms with van der Waals surface area (Å²) in [6, 6.07) is 8.03. The molecule has 0 amide bonds. The summed E-state index contributed by atoms with van der Waals surface area (Å²) in [6.45, 7) is 6.20. The molecule has 1 fully saturated rings. The van der Waals surface area contributed by atoms with E-state index in [1.165, 1.54) is 6.42 Å². The molecule has 0 unspecified atom stereocenters. The highest BCUT2D eigenvalue weighted by atomic mass is 15.3. The second kappa shape index (κ2) is 6.83. The minimum absolute atomic E-state index is 0.798. The van der Waals surface area contributed by atoms with Crippen LogP contribution in [0.5, 0.6) is 0 Å². The predicted molar refractivity (Wildman–Crippen MR) is 86.5 cm³/mol. The van der Waals surface area contributed by atoms with Gasteiger partial charge in [0.25, 0.3) is 0 Å². The Labute approximate surface area is 125 Å². The van der Waals surface area contributed by atoms with E-state index in [9.17, 15) is 0 Å². The zero-order chi connectivity index (χ0) is 14.5. The lowest BCUT2D eigenvalue weighted by Crippen LogP contribution is -2.47. The molecule has 0 radical (unpaired) electrons. The van der Waals surface area contributed by atoms with Gasteiger partial charge in [0.1, 0.15) is 5.82 Å². The van der Waals surface area contributed by atoms with Gasteiger partial charge in [-0.1, -0.05) is 12.1 Å². The Kier molecular flexibility index (Phi) is 4.62. The number of rotatable bonds is 5. The number of hydrogen-bond acceptors (Lipinski definition) is 5. The smallest absolute Gasteiger partial charge is 0.147 e. The molecule has 0 bridgehead atoms. The summed E-state index contributed by atoms with van der Waals surface area (Å²) in [5.41, 5.74) is 7.48. The number of fused-ring (bicyclic) bond motifs is 1. The van der Waals surface area contributed by atoms with Crippen molar-refractivity contribution in [1.82, 2.24) is 14.9 Å². The summed E-state index contributed by atoms with van der Waals surface area (Å²) in [5.74, 6) is 0.996. The first-order chi connectivity index (χ1) is 10.4. The van der Waals surface area contributed by atoms with Gasteiger partial charge in [0.2, 0.25) is 0 Å². The summed E-state index contributed by atoms with van der Waals surface area (Å²) in [7, 11) is 0. The molecule has 1 aromatic carbocycles. The van der Waals surface area contributed by atoms with Crippen LogP contribution in [0.25, 0.3) is 11.0 Å². The van der Waals surface area contributed by atoms with E-state index in [0.717, 1.165) is 62.5 Å². The minimum atomic E-state index is 0.798. The highest BCUT2D eigenvalue weighted by molar-refractivity contribution is 5.75. The van der Waals surface area contributed by atoms with E-state index in [1.807, 2.05) is 30.5 Å². The van der Waals surface area contributed by atoms with Crippen molar-refractivity contribution < 1.29 is 0 Å². The van der Waals surface area contributed by atoms with Gasteiger partial charge in [-0.05, 0) is 38.1 Å². The quantitative estimate of drug-likeness (QED) is 0.844. The number of aromatic nitrogens is 2. The number of unbranched alkanes of at least 4 members (excludes halogenated alkanes) is 1. The SMILES string of the molecule is NCCCCN1CCN(c2cnc3ccccc3n2)CC1. The fourth-order valence-corrected chi connectivity index (χ4v) is 2.78. The lowest BCUT2D eigenvalue weighted by Gasteiger charge is -2.35. The van der Waals surface area contributed by atoms with Crippen molar-refractivity contribution in [2.75, 3.05) is 44.2 Å². The zero-order valence-electron chi connectivity index (χ0n) is 12.4. The van der Waals surface area contributed by atoms with Crippen LogP contribution in [0.1, 0.15) is 12.8 Å². The van der Waals surface area contributed by atoms with Crippen LogP contribution in [0.2, 0.25) is 0 Å². The molecule has 112 valence electrons. The number of hydrogen-bond donors (Lipinski definition) is 1. The summed E-state index contributed by atoms with van der Waals surface area (Å²) in [4.78, 5) is 14.1. The largest absolute Gasteiger partial charge is 0.353 e. The number of anilines is 1. The van der Waals surface area contributed by atoms with Crippen molar-refractivity contribution in [2.45, 2.75) is 12.8 Å². The molecule has 1 saturated heterocycles. The van der Waals surface area contributed by atoms with Crippen molar-refractivity contribution in [1.29, 1.82) is 0 Å². The van der Waals surface area contributed by atoms with E-state index in [0.29, 0.717) is 0 Å². The normalized spacial score (nSPS) is 16.5. The van der Waals surface area contributed by atoms with Crippen molar-refractivity contribution >= 4 is 16.9 Å². The van der Waals surface area contributed by atoms with Crippen LogP contribution in [0.4, 0.5) is 5.82 Å². The standard InChI is InChI=1S/C16H23N5/c17-7-3-4-8-20-9-11-21(12-10-20)16-13-18-14-5-1-2-6-15(14)19-16/h1-2,5-6,13H,3-4,7-12,17H2. The van der Waals surface area contributed by atoms with Crippen LogP contribution < -0.4 is 10.6 Å². The molecule has 0 atom stereocenters. The Bertz CT molecular complexity index is 578. The van der Waals surface area contributed by atoms with Crippen LogP contribution in [0.15, 0.2) is 30.5 Å². The molecule has 0 saturated carbocycles. The van der Waals surface area contributed by atoms with Crippen LogP contribution >= 0.6 is 0 Å². The van der Waals surface area contributed by atoms with Crippen LogP contribution in [0.3, 0.4) is 0 Å². The maximum atomic E-state index is 5.55. The highest BCUT2D eigenvalue weighted by Gasteiger charge is 2.18. The number of benzene rings is 1. The minimum Gasteiger partial charge on any atom is -0.353 e. The molecule has 0 spiro atoms. The fraction of sp³-hybridized carbons (Fsp3) is 0.500. The number of piperazine rings is 1. The first-order valence-corrected chi connectivity index (χ1v) is 7.76. The number of nitrogens with zero attached hydrogens (tertiary/aromatic N) is 4. The molecule has 2 heterocycles. The van der Waals surface area contributed by atoms with Crippen molar-refractivity contribution in [3.8, 4) is 0 Å². The lowest BCUT2D eigenvalue weighted by atomic mass is 10.2. The maximum Gasteiger partial charge on any atom is 0.147 e. The molecule has 1 aliphatic rings. The third-order valence-electron chi connectivity index (χ3n) is 4.06. The second-order valence-electron chi connectivity index (χ2n) is 5.54. The Hall–Kier alpha value is -1.72. The fourth-order valence-electron chi connectivity index (χ4n) is 2.78. The highest BCUT2D eigenvalue weighted by Crippen LogP contribution is 2.17. The van der Waals surface area contributed by atoms with Crippen molar-refractivity contribution in [3.05, 3.63) is 30.5 Å². The molecule has 21 heavy (non-hydrogen) atoms. The Morgan fingerprint density at radius 1 is 1.00 bits per heavy atom. The summed E-state index contributed by atoms with van der Waals surface area (Å²) in [5, 5.41) is 0. The van der Waals surface area contributed by atoms with Gasteiger partial charge < -0.3 is 10.6 Å². The van der Waals surface area contributed by atoms with E-state index < -0.39 is 0 Å². The maximum absolute atomic E-state index is 5.55. The van der Waals surface area contributed by atoms with Gasteiger partial charge >= 0.3 is 0 Å². The topological polar surface area (TPSA) is 58.3 Å². The number of nitrogens with two attached hydrogens (primary N) is 1. The Balaban J connectivity index is 1.60. The predicted octanol–water partition coefficient (Wildman–Crippen LogP) is 1.49. The van der Waals surface area contributed by atoms with E-state index >= 15 is 0 Å². The van der Waals surface area contributed by atoms with Gasteiger partial charge in [-0.15, -0.1) is 0 Å². The summed E-state index contributed by atoms with van der Waals surface area (Å²) in [6.07, 6.45) is 4.22. The molecule has 5 heteroatoms. The van der Waals surface area contributed by atoms with E-state index in [1.54, 1.807) is 0 Å². The number of para-hydroxylation sites is 2. The van der Waals surface area contributed by atoms with Gasteiger partial charge in [0.15, 0.2) is 0 Å². The van der Waals surface area contributed by atoms with Crippen molar-refractivity contribution in [3.63, 3.8) is 0 Å². The first kappa shape index (κ1) is 14.2. The third-order valence-corrected chi connectivity index (χ3v) is 4.06. The zero-order valence-corrected chi connectivity index (χ0v) is 12.4. The van der Waals surface area contributed by atoms with Crippen molar-refractivity contribution in [2.24, 2.45) is 5.73 Å². The molecule has 2 aromatic rings. The van der Waals surface area contributed by atoms with Crippen LogP contribution in [-0.4, -0.2) is 54.1 Å². The summed E-state index contributed by atoms with van der Waals surface area (Å²) >= 11 is 0. The van der Waals surface area contributed by atoms with Crippen LogP contribution in [-0.2, 0) is 0 Å². The molecule has 3 rings (SSSR count). The van der Waals surface area contributed by atoms with Gasteiger partial charge in [0, 0.05) is 26.2 Å². The van der Waals surface area contributed by atoms with Gasteiger partial charge in [-0.2, -0.15) is 0 Å². The molecule has 5 nitrogen and oxygen atoms in total. The molecule has 0 aliphatic carbocycles. The van der Waals surface area contributed by atoms with E-state index in [4.69, 9.17) is 10.7 Å². The molecular formula is C16H23N5. The van der Waals surface area contributed by atoms with Crippen LogP contribution in [0, 0.1) is 0 Å². The van der Waals surface area contributed by atoms with E-state index in [2.05, 4.69) is 14.8 Å². The Morgan fingerprint density at radius 2 is 1.76 bits per heavy atom. The van der Waals surface area contributed by atoms with Gasteiger partial charge in [0.05, 0.1) is 17.2 Å². The van der Waals surface area contributed by atoms with Gasteiger partial charge in [-0.3, -0.25) is 9.88 Å². The average Bonchev–Trinajstić information content (AvgIpc) is 2.55. The summed E-state index contributed by atoms with van der Waals surface area (Å²) < 4.78 is 0.